The molecule has 0 aliphatic heterocycles. The number of nitrogens with one attached hydrogen (secondary N) is 1. The summed E-state index contributed by atoms with van der Waals surface area (Å²) >= 11 is 0. The van der Waals surface area contributed by atoms with Gasteiger partial charge in [0.15, 0.2) is 0 Å². The molecule has 0 fully saturated rings. The van der Waals surface area contributed by atoms with Crippen molar-refractivity contribution in [3.8, 4) is 11.5 Å². The lowest BCUT2D eigenvalue weighted by Crippen LogP contribution is -2.49. The van der Waals surface area contributed by atoms with Crippen molar-refractivity contribution in [2.45, 2.75) is 64.7 Å². The molecule has 1 amide bonds. The zero-order valence-corrected chi connectivity index (χ0v) is 18.5. The molecule has 1 aromatic rings. The molecule has 1 atom stereocenters. The Morgan fingerprint density at radius 1 is 0.967 bits per heavy atom. The number of hydrogen-bond acceptors (Lipinski definition) is 8. The van der Waals surface area contributed by atoms with Crippen LogP contribution in [-0.4, -0.2) is 43.9 Å². The quantitative estimate of drug-likeness (QED) is 0.596. The van der Waals surface area contributed by atoms with Gasteiger partial charge in [0.1, 0.15) is 22.7 Å². The Kier molecular flexibility index (Phi) is 8.50. The van der Waals surface area contributed by atoms with Crippen molar-refractivity contribution in [1.29, 1.82) is 0 Å². The first kappa shape index (κ1) is 25.1. The molecular weight excluding hydrogens is 394 g/mol. The number of esters is 1. The zero-order valence-electron chi connectivity index (χ0n) is 18.5. The minimum Gasteiger partial charge on any atom is -0.548 e. The predicted octanol–water partition coefficient (Wildman–Crippen LogP) is 1.91. The van der Waals surface area contributed by atoms with Crippen molar-refractivity contribution in [2.75, 3.05) is 14.2 Å². The molecule has 9 nitrogen and oxygen atoms in total. The van der Waals surface area contributed by atoms with E-state index in [4.69, 9.17) is 18.9 Å². The van der Waals surface area contributed by atoms with Crippen LogP contribution < -0.4 is 19.9 Å². The van der Waals surface area contributed by atoms with Gasteiger partial charge in [0.2, 0.25) is 0 Å². The second-order valence-corrected chi connectivity index (χ2v) is 8.14. The van der Waals surface area contributed by atoms with Crippen molar-refractivity contribution < 1.29 is 38.4 Å². The van der Waals surface area contributed by atoms with Crippen molar-refractivity contribution in [1.82, 2.24) is 5.32 Å². The molecule has 1 rings (SSSR count). The van der Waals surface area contributed by atoms with E-state index in [0.29, 0.717) is 17.1 Å². The van der Waals surface area contributed by atoms with E-state index in [1.54, 1.807) is 52.8 Å². The topological polar surface area (TPSA) is 123 Å². The highest BCUT2D eigenvalue weighted by atomic mass is 16.6. The summed E-state index contributed by atoms with van der Waals surface area (Å²) in [6.07, 6.45) is -1.37. The summed E-state index contributed by atoms with van der Waals surface area (Å²) in [5, 5.41) is 13.6. The van der Waals surface area contributed by atoms with Crippen LogP contribution in [0.25, 0.3) is 0 Å². The zero-order chi connectivity index (χ0) is 23.1. The SMILES string of the molecule is COc1cc(OC)cc(C(C)(C)OC(=O)N[C@@H](CCC(=O)OC(C)(C)C)C(=O)[O-])c1. The Morgan fingerprint density at radius 3 is 1.93 bits per heavy atom. The fraction of sp³-hybridized carbons (Fsp3) is 0.571. The average molecular weight is 424 g/mol. The highest BCUT2D eigenvalue weighted by Gasteiger charge is 2.28. The van der Waals surface area contributed by atoms with Crippen LogP contribution in [0.3, 0.4) is 0 Å². The van der Waals surface area contributed by atoms with Gasteiger partial charge < -0.3 is 34.2 Å². The molecule has 0 aromatic heterocycles. The first-order chi connectivity index (χ1) is 13.8. The van der Waals surface area contributed by atoms with Gasteiger partial charge in [0, 0.05) is 18.1 Å². The van der Waals surface area contributed by atoms with Gasteiger partial charge in [-0.2, -0.15) is 0 Å². The number of ether oxygens (including phenoxy) is 4. The van der Waals surface area contributed by atoms with E-state index in [9.17, 15) is 19.5 Å². The van der Waals surface area contributed by atoms with Crippen molar-refractivity contribution in [3.05, 3.63) is 23.8 Å². The molecule has 0 radical (unpaired) electrons. The third kappa shape index (κ3) is 8.18. The molecule has 30 heavy (non-hydrogen) atoms. The van der Waals surface area contributed by atoms with E-state index in [2.05, 4.69) is 5.32 Å². The lowest BCUT2D eigenvalue weighted by molar-refractivity contribution is -0.308. The molecule has 0 bridgehead atoms. The van der Waals surface area contributed by atoms with Gasteiger partial charge in [0.05, 0.1) is 26.2 Å². The Morgan fingerprint density at radius 2 is 1.50 bits per heavy atom. The number of methoxy groups -OCH3 is 2. The molecule has 0 unspecified atom stereocenters. The summed E-state index contributed by atoms with van der Waals surface area (Å²) in [6.45, 7) is 8.37. The molecule has 0 saturated heterocycles. The maximum absolute atomic E-state index is 12.3. The Balaban J connectivity index is 2.81. The number of hydrogen-bond donors (Lipinski definition) is 1. The molecule has 0 heterocycles. The van der Waals surface area contributed by atoms with E-state index in [0.717, 1.165) is 0 Å². The first-order valence-electron chi connectivity index (χ1n) is 9.43. The van der Waals surface area contributed by atoms with E-state index in [1.807, 2.05) is 0 Å². The minimum atomic E-state index is -1.53. The highest BCUT2D eigenvalue weighted by molar-refractivity contribution is 5.79. The Hall–Kier alpha value is -2.97. The molecule has 0 saturated carbocycles. The lowest BCUT2D eigenvalue weighted by atomic mass is 9.97. The number of carbonyl (C=O) groups excluding carboxylic acids is 3. The summed E-state index contributed by atoms with van der Waals surface area (Å²) in [5.41, 5.74) is -1.25. The van der Waals surface area contributed by atoms with Crippen molar-refractivity contribution in [3.63, 3.8) is 0 Å². The molecule has 9 heteroatoms. The van der Waals surface area contributed by atoms with Crippen LogP contribution in [-0.2, 0) is 24.7 Å². The number of carboxylic acid groups (broad SMARTS) is 1. The van der Waals surface area contributed by atoms with Crippen LogP contribution in [0.5, 0.6) is 11.5 Å². The summed E-state index contributed by atoms with van der Waals surface area (Å²) in [4.78, 5) is 35.5. The van der Waals surface area contributed by atoms with Crippen LogP contribution in [0.1, 0.15) is 53.0 Å². The van der Waals surface area contributed by atoms with Gasteiger partial charge in [-0.05, 0) is 53.2 Å². The standard InChI is InChI=1S/C21H31NO8/c1-20(2,3)29-17(23)9-8-16(18(24)25)22-19(26)30-21(4,5)13-10-14(27-6)12-15(11-13)28-7/h10-12,16H,8-9H2,1-7H3,(H,22,26)(H,24,25)/p-1/t16-/m0/s1. The van der Waals surface area contributed by atoms with E-state index >= 15 is 0 Å². The number of alkyl carbamates (subject to hydrolysis) is 1. The molecule has 1 N–H and O–H groups in total. The van der Waals surface area contributed by atoms with Crippen LogP contribution in [0.2, 0.25) is 0 Å². The molecule has 0 aliphatic carbocycles. The lowest BCUT2D eigenvalue weighted by Gasteiger charge is -2.28. The summed E-state index contributed by atoms with van der Waals surface area (Å²) in [7, 11) is 2.99. The van der Waals surface area contributed by atoms with E-state index in [1.165, 1.54) is 14.2 Å². The van der Waals surface area contributed by atoms with Gasteiger partial charge in [-0.15, -0.1) is 0 Å². The number of rotatable bonds is 9. The van der Waals surface area contributed by atoms with Crippen LogP contribution in [0, 0.1) is 0 Å². The normalized spacial score (nSPS) is 12.5. The predicted molar refractivity (Wildman–Crippen MR) is 106 cm³/mol. The third-order valence-electron chi connectivity index (χ3n) is 4.03. The molecule has 168 valence electrons. The van der Waals surface area contributed by atoms with Gasteiger partial charge in [-0.1, -0.05) is 0 Å². The number of amides is 1. The Bertz CT molecular complexity index is 745. The van der Waals surface area contributed by atoms with Gasteiger partial charge in [0.25, 0.3) is 0 Å². The monoisotopic (exact) mass is 424 g/mol. The number of carboxylic acids is 1. The number of aliphatic carboxylic acids is 1. The second-order valence-electron chi connectivity index (χ2n) is 8.14. The minimum absolute atomic E-state index is 0.195. The maximum Gasteiger partial charge on any atom is 0.408 e. The molecule has 0 spiro atoms. The number of benzene rings is 1. The molecule has 1 aromatic carbocycles. The van der Waals surface area contributed by atoms with Crippen molar-refractivity contribution in [2.24, 2.45) is 0 Å². The number of carbonyl (C=O) groups is 3. The van der Waals surface area contributed by atoms with Crippen molar-refractivity contribution >= 4 is 18.0 Å². The average Bonchev–Trinajstić information content (AvgIpc) is 2.62. The second kappa shape index (κ2) is 10.2. The van der Waals surface area contributed by atoms with Gasteiger partial charge in [-0.3, -0.25) is 4.79 Å². The van der Waals surface area contributed by atoms with Gasteiger partial charge >= 0.3 is 12.1 Å². The summed E-state index contributed by atoms with van der Waals surface area (Å²) in [5.74, 6) is -1.10. The first-order valence-corrected chi connectivity index (χ1v) is 9.43. The van der Waals surface area contributed by atoms with E-state index < -0.39 is 35.3 Å². The maximum atomic E-state index is 12.3. The van der Waals surface area contributed by atoms with Crippen LogP contribution >= 0.6 is 0 Å². The van der Waals surface area contributed by atoms with E-state index in [-0.39, 0.29) is 12.8 Å². The highest BCUT2D eigenvalue weighted by Crippen LogP contribution is 2.32. The largest absolute Gasteiger partial charge is 0.548 e. The fourth-order valence-corrected chi connectivity index (χ4v) is 2.52. The Labute approximate surface area is 176 Å². The molecule has 0 aliphatic rings. The van der Waals surface area contributed by atoms with Gasteiger partial charge in [-0.25, -0.2) is 4.79 Å². The molecular formula is C21H30NO8-. The summed E-state index contributed by atoms with van der Waals surface area (Å²) in [6, 6.07) is 3.60. The van der Waals surface area contributed by atoms with Crippen LogP contribution in [0.4, 0.5) is 4.79 Å². The van der Waals surface area contributed by atoms with Crippen LogP contribution in [0.15, 0.2) is 18.2 Å². The summed E-state index contributed by atoms with van der Waals surface area (Å²) < 4.78 is 21.0. The third-order valence-corrected chi connectivity index (χ3v) is 4.03. The smallest absolute Gasteiger partial charge is 0.408 e. The fourth-order valence-electron chi connectivity index (χ4n) is 2.52.